The average Bonchev–Trinajstić information content (AvgIpc) is 2.50. The molecule has 1 saturated carbocycles. The Morgan fingerprint density at radius 1 is 1.29 bits per heavy atom. The Labute approximate surface area is 130 Å². The number of nitrogens with zero attached hydrogens (tertiary/aromatic N) is 1. The van der Waals surface area contributed by atoms with Gasteiger partial charge in [0.25, 0.3) is 0 Å². The van der Waals surface area contributed by atoms with E-state index in [9.17, 15) is 0 Å². The molecule has 0 bridgehead atoms. The maximum absolute atomic E-state index is 5.32. The number of rotatable bonds is 5. The van der Waals surface area contributed by atoms with Crippen molar-refractivity contribution < 1.29 is 0 Å². The van der Waals surface area contributed by atoms with Crippen molar-refractivity contribution in [2.24, 2.45) is 11.8 Å². The van der Waals surface area contributed by atoms with Crippen LogP contribution in [0.1, 0.15) is 51.4 Å². The zero-order valence-corrected chi connectivity index (χ0v) is 13.4. The number of likely N-dealkylation sites (tertiary alicyclic amines) is 1. The van der Waals surface area contributed by atoms with Crippen LogP contribution in [0.25, 0.3) is 0 Å². The fourth-order valence-corrected chi connectivity index (χ4v) is 4.45. The molecule has 2 fully saturated rings. The number of hydrogen-bond acceptors (Lipinski definition) is 1. The Hall–Kier alpha value is -1.22. The van der Waals surface area contributed by atoms with Crippen LogP contribution in [0.5, 0.6) is 0 Å². The van der Waals surface area contributed by atoms with Gasteiger partial charge in [-0.3, -0.25) is 0 Å². The molecule has 0 aromatic heterocycles. The van der Waals surface area contributed by atoms with Crippen LogP contribution in [0.4, 0.5) is 0 Å². The Morgan fingerprint density at radius 3 is 2.90 bits per heavy atom. The van der Waals surface area contributed by atoms with Crippen LogP contribution >= 0.6 is 0 Å². The number of hydrogen-bond donors (Lipinski definition) is 0. The van der Waals surface area contributed by atoms with E-state index in [2.05, 4.69) is 42.3 Å². The molecule has 0 aromatic carbocycles. The van der Waals surface area contributed by atoms with Crippen molar-refractivity contribution >= 4 is 0 Å². The van der Waals surface area contributed by atoms with E-state index in [0.29, 0.717) is 0 Å². The first-order valence-electron chi connectivity index (χ1n) is 8.45. The molecule has 21 heavy (non-hydrogen) atoms. The van der Waals surface area contributed by atoms with Gasteiger partial charge in [0, 0.05) is 12.1 Å². The lowest BCUT2D eigenvalue weighted by Crippen LogP contribution is -2.52. The molecule has 2 rings (SSSR count). The highest BCUT2D eigenvalue weighted by Crippen LogP contribution is 2.42. The first-order chi connectivity index (χ1) is 10.3. The molecule has 0 aromatic rings. The van der Waals surface area contributed by atoms with Gasteiger partial charge in [-0.05, 0) is 76.0 Å². The maximum Gasteiger partial charge on any atom is 0.0126 e. The topological polar surface area (TPSA) is 3.24 Å². The van der Waals surface area contributed by atoms with E-state index in [-0.39, 0.29) is 0 Å². The third-order valence-corrected chi connectivity index (χ3v) is 5.55. The Balaban J connectivity index is 1.95. The van der Waals surface area contributed by atoms with Crippen LogP contribution in [0.3, 0.4) is 0 Å². The number of terminal acetylenes is 1. The lowest BCUT2D eigenvalue weighted by molar-refractivity contribution is 0.00436. The van der Waals surface area contributed by atoms with E-state index in [1.165, 1.54) is 44.9 Å². The lowest BCUT2D eigenvalue weighted by Gasteiger charge is -2.50. The van der Waals surface area contributed by atoms with Crippen LogP contribution in [-0.2, 0) is 0 Å². The summed E-state index contributed by atoms with van der Waals surface area (Å²) in [5, 5.41) is 0. The monoisotopic (exact) mass is 283 g/mol. The van der Waals surface area contributed by atoms with Crippen molar-refractivity contribution in [1.82, 2.24) is 4.90 Å². The predicted molar refractivity (Wildman–Crippen MR) is 90.9 cm³/mol. The van der Waals surface area contributed by atoms with Gasteiger partial charge in [-0.1, -0.05) is 25.0 Å². The SMILES string of the molecule is C#C/C=C\C[C@H]1CCC[C@H]2[C@H]1CC[C@H](CCC=C=C)N2C. The van der Waals surface area contributed by atoms with Crippen LogP contribution < -0.4 is 0 Å². The summed E-state index contributed by atoms with van der Waals surface area (Å²) in [6, 6.07) is 1.53. The molecule has 0 radical (unpaired) electrons. The predicted octanol–water partition coefficient (Wildman–Crippen LogP) is 4.57. The Bertz CT molecular complexity index is 435. The summed E-state index contributed by atoms with van der Waals surface area (Å²) in [4.78, 5) is 2.68. The first kappa shape index (κ1) is 16.2. The minimum atomic E-state index is 0.746. The molecule has 1 aliphatic heterocycles. The molecule has 0 N–H and O–H groups in total. The second-order valence-corrected chi connectivity index (χ2v) is 6.61. The summed E-state index contributed by atoms with van der Waals surface area (Å²) in [7, 11) is 2.35. The quantitative estimate of drug-likeness (QED) is 0.528. The number of allylic oxidation sites excluding steroid dienone is 3. The molecule has 0 unspecified atom stereocenters. The highest BCUT2D eigenvalue weighted by atomic mass is 15.2. The fraction of sp³-hybridized carbons (Fsp3) is 0.650. The summed E-state index contributed by atoms with van der Waals surface area (Å²) in [6.07, 6.45) is 21.9. The van der Waals surface area contributed by atoms with Gasteiger partial charge in [0.1, 0.15) is 0 Å². The molecule has 0 amide bonds. The third kappa shape index (κ3) is 4.13. The Morgan fingerprint density at radius 2 is 2.14 bits per heavy atom. The number of fused-ring (bicyclic) bond motifs is 1. The largest absolute Gasteiger partial charge is 0.300 e. The standard InChI is InChI=1S/C20H29N/c1-4-6-8-11-17-12-10-14-20-19(17)16-15-18(21(20)3)13-9-7-5-2/h1,6-8,17-20H,2,9-16H2,3H3/b8-6-/t17-,18-,19-,20-/m0/s1. The highest BCUT2D eigenvalue weighted by Gasteiger charge is 2.40. The zero-order chi connectivity index (χ0) is 15.1. The van der Waals surface area contributed by atoms with E-state index in [1.807, 2.05) is 6.08 Å². The minimum absolute atomic E-state index is 0.746. The number of piperidine rings is 1. The van der Waals surface area contributed by atoms with Gasteiger partial charge in [-0.15, -0.1) is 12.2 Å². The average molecular weight is 283 g/mol. The van der Waals surface area contributed by atoms with E-state index in [4.69, 9.17) is 6.42 Å². The van der Waals surface area contributed by atoms with Crippen LogP contribution in [0, 0.1) is 24.2 Å². The molecule has 1 saturated heterocycles. The summed E-state index contributed by atoms with van der Waals surface area (Å²) < 4.78 is 0. The van der Waals surface area contributed by atoms with E-state index < -0.39 is 0 Å². The zero-order valence-electron chi connectivity index (χ0n) is 13.4. The second-order valence-electron chi connectivity index (χ2n) is 6.61. The summed E-state index contributed by atoms with van der Waals surface area (Å²) >= 11 is 0. The van der Waals surface area contributed by atoms with Gasteiger partial charge in [0.2, 0.25) is 0 Å². The van der Waals surface area contributed by atoms with Crippen molar-refractivity contribution in [2.45, 2.75) is 63.5 Å². The second kappa shape index (κ2) is 8.28. The van der Waals surface area contributed by atoms with E-state index in [1.54, 1.807) is 0 Å². The van der Waals surface area contributed by atoms with E-state index in [0.717, 1.165) is 30.3 Å². The van der Waals surface area contributed by atoms with Gasteiger partial charge in [0.05, 0.1) is 0 Å². The molecule has 4 atom stereocenters. The summed E-state index contributed by atoms with van der Waals surface area (Å²) in [5.41, 5.74) is 2.90. The molecule has 0 spiro atoms. The highest BCUT2D eigenvalue weighted by molar-refractivity contribution is 5.09. The first-order valence-corrected chi connectivity index (χ1v) is 8.45. The van der Waals surface area contributed by atoms with Gasteiger partial charge in [0.15, 0.2) is 0 Å². The van der Waals surface area contributed by atoms with Gasteiger partial charge >= 0.3 is 0 Å². The molecule has 2 aliphatic rings. The fourth-order valence-electron chi connectivity index (χ4n) is 4.45. The van der Waals surface area contributed by atoms with Crippen LogP contribution in [0.15, 0.2) is 30.5 Å². The van der Waals surface area contributed by atoms with Crippen molar-refractivity contribution in [3.8, 4) is 12.3 Å². The Kier molecular flexibility index (Phi) is 6.37. The molecule has 1 heteroatoms. The van der Waals surface area contributed by atoms with Crippen LogP contribution in [-0.4, -0.2) is 24.0 Å². The van der Waals surface area contributed by atoms with E-state index >= 15 is 0 Å². The molecule has 1 aliphatic carbocycles. The molecule has 114 valence electrons. The lowest BCUT2D eigenvalue weighted by atomic mass is 9.68. The summed E-state index contributed by atoms with van der Waals surface area (Å²) in [5.74, 6) is 4.33. The smallest absolute Gasteiger partial charge is 0.0126 e. The van der Waals surface area contributed by atoms with Crippen molar-refractivity contribution in [1.29, 1.82) is 0 Å². The third-order valence-electron chi connectivity index (χ3n) is 5.55. The molecule has 1 nitrogen and oxygen atoms in total. The van der Waals surface area contributed by atoms with Gasteiger partial charge in [-0.25, -0.2) is 0 Å². The minimum Gasteiger partial charge on any atom is -0.300 e. The summed E-state index contributed by atoms with van der Waals surface area (Å²) in [6.45, 7) is 3.66. The van der Waals surface area contributed by atoms with Crippen LogP contribution in [0.2, 0.25) is 0 Å². The van der Waals surface area contributed by atoms with Gasteiger partial charge in [-0.2, -0.15) is 0 Å². The molecular formula is C20H29N. The van der Waals surface area contributed by atoms with Gasteiger partial charge < -0.3 is 4.90 Å². The van der Waals surface area contributed by atoms with Crippen molar-refractivity contribution in [3.63, 3.8) is 0 Å². The maximum atomic E-state index is 5.32. The molecule has 1 heterocycles. The molecular weight excluding hydrogens is 254 g/mol. The van der Waals surface area contributed by atoms with Crippen molar-refractivity contribution in [2.75, 3.05) is 7.05 Å². The van der Waals surface area contributed by atoms with Crippen molar-refractivity contribution in [3.05, 3.63) is 30.5 Å². The normalized spacial score (nSPS) is 33.1.